The smallest absolute Gasteiger partial charge is 0.473 e. The lowest BCUT2D eigenvalue weighted by molar-refractivity contribution is -0.274. The van der Waals surface area contributed by atoms with E-state index >= 15 is 0 Å². The van der Waals surface area contributed by atoms with Gasteiger partial charge in [0.15, 0.2) is 0 Å². The summed E-state index contributed by atoms with van der Waals surface area (Å²) < 4.78 is 86.9. The van der Waals surface area contributed by atoms with Crippen LogP contribution in [0.3, 0.4) is 0 Å². The van der Waals surface area contributed by atoms with E-state index in [0.717, 1.165) is 30.7 Å². The predicted molar refractivity (Wildman–Crippen MR) is 80.5 cm³/mol. The van der Waals surface area contributed by atoms with E-state index in [1.807, 2.05) is 6.92 Å². The first-order valence-corrected chi connectivity index (χ1v) is 7.89. The first-order chi connectivity index (χ1) is 11.5. The Hall–Kier alpha value is -1.86. The van der Waals surface area contributed by atoms with E-state index < -0.39 is 23.9 Å². The minimum Gasteiger partial charge on any atom is -0.473 e. The Morgan fingerprint density at radius 1 is 1.08 bits per heavy atom. The molecule has 1 aromatic rings. The van der Waals surface area contributed by atoms with Gasteiger partial charge in [-0.25, -0.2) is 0 Å². The van der Waals surface area contributed by atoms with Gasteiger partial charge in [-0.2, -0.15) is 13.2 Å². The van der Waals surface area contributed by atoms with Crippen molar-refractivity contribution in [3.63, 3.8) is 0 Å². The van der Waals surface area contributed by atoms with Crippen LogP contribution in [0.15, 0.2) is 18.2 Å². The number of unbranched alkanes of at least 4 members (excludes halogenated alkanes) is 1. The average molecular weight is 368 g/mol. The molecule has 0 saturated carbocycles. The number of halogens is 6. The molecule has 2 nitrogen and oxygen atoms in total. The van der Waals surface area contributed by atoms with Crippen molar-refractivity contribution in [3.05, 3.63) is 29.3 Å². The van der Waals surface area contributed by atoms with Crippen LogP contribution in [0.2, 0.25) is 0 Å². The fourth-order valence-electron chi connectivity index (χ4n) is 2.66. The van der Waals surface area contributed by atoms with E-state index in [-0.39, 0.29) is 23.3 Å². The van der Waals surface area contributed by atoms with Gasteiger partial charge in [0.25, 0.3) is 0 Å². The van der Waals surface area contributed by atoms with Crippen LogP contribution >= 0.6 is 0 Å². The summed E-state index contributed by atoms with van der Waals surface area (Å²) >= 11 is 0. The molecule has 140 valence electrons. The van der Waals surface area contributed by atoms with Gasteiger partial charge in [-0.1, -0.05) is 26.3 Å². The van der Waals surface area contributed by atoms with E-state index in [1.165, 1.54) is 6.92 Å². The Kier molecular flexibility index (Phi) is 5.30. The number of aryl methyl sites for hydroxylation is 1. The van der Waals surface area contributed by atoms with Gasteiger partial charge >= 0.3 is 12.5 Å². The van der Waals surface area contributed by atoms with Crippen molar-refractivity contribution in [2.75, 3.05) is 0 Å². The van der Waals surface area contributed by atoms with Crippen LogP contribution < -0.4 is 9.47 Å². The topological polar surface area (TPSA) is 18.5 Å². The average Bonchev–Trinajstić information content (AvgIpc) is 2.49. The molecule has 0 radical (unpaired) electrons. The summed E-state index contributed by atoms with van der Waals surface area (Å²) in [4.78, 5) is 0. The van der Waals surface area contributed by atoms with Crippen LogP contribution in [0, 0.1) is 0 Å². The molecule has 1 aromatic carbocycles. The molecule has 0 N–H and O–H groups in total. The summed E-state index contributed by atoms with van der Waals surface area (Å²) in [7, 11) is 0. The van der Waals surface area contributed by atoms with E-state index in [1.54, 1.807) is 0 Å². The van der Waals surface area contributed by atoms with Gasteiger partial charge in [0.1, 0.15) is 11.5 Å². The standard InChI is InChI=1S/C17H18F6O2/c1-3-5-6-11-9-13(24-17(21,22)23)10-12-7-8-15(4-2,16(18,19)20)25-14(11)12/h7-10H,3-6H2,1-2H3. The fourth-order valence-corrected chi connectivity index (χ4v) is 2.66. The number of benzene rings is 1. The maximum atomic E-state index is 13.4. The zero-order valence-corrected chi connectivity index (χ0v) is 13.7. The summed E-state index contributed by atoms with van der Waals surface area (Å²) in [5.41, 5.74) is -2.07. The van der Waals surface area contributed by atoms with Crippen LogP contribution in [0.1, 0.15) is 44.2 Å². The van der Waals surface area contributed by atoms with Crippen LogP contribution in [0.25, 0.3) is 6.08 Å². The SMILES string of the molecule is CCCCc1cc(OC(F)(F)F)cc2c1OC(CC)(C(F)(F)F)C=C2. The molecule has 1 unspecified atom stereocenters. The quantitative estimate of drug-likeness (QED) is 0.590. The van der Waals surface area contributed by atoms with Crippen molar-refractivity contribution >= 4 is 6.08 Å². The number of hydrogen-bond acceptors (Lipinski definition) is 2. The Balaban J connectivity index is 2.50. The molecule has 1 aliphatic heterocycles. The summed E-state index contributed by atoms with van der Waals surface area (Å²) in [6.07, 6.45) is -6.26. The Morgan fingerprint density at radius 3 is 2.28 bits per heavy atom. The third kappa shape index (κ3) is 4.22. The first-order valence-electron chi connectivity index (χ1n) is 7.89. The molecule has 8 heteroatoms. The van der Waals surface area contributed by atoms with Gasteiger partial charge in [-0.05, 0) is 43.0 Å². The lowest BCUT2D eigenvalue weighted by Crippen LogP contribution is -2.49. The molecular formula is C17H18F6O2. The van der Waals surface area contributed by atoms with Gasteiger partial charge in [0.05, 0.1) is 0 Å². The van der Waals surface area contributed by atoms with Crippen LogP contribution in [-0.2, 0) is 6.42 Å². The van der Waals surface area contributed by atoms with Gasteiger partial charge in [0.2, 0.25) is 5.60 Å². The highest BCUT2D eigenvalue weighted by molar-refractivity contribution is 5.66. The molecule has 1 aliphatic rings. The van der Waals surface area contributed by atoms with Crippen molar-refractivity contribution in [1.29, 1.82) is 0 Å². The summed E-state index contributed by atoms with van der Waals surface area (Å²) in [5.74, 6) is -0.508. The number of alkyl halides is 6. The molecule has 0 bridgehead atoms. The van der Waals surface area contributed by atoms with E-state index in [0.29, 0.717) is 12.8 Å². The highest BCUT2D eigenvalue weighted by Gasteiger charge is 2.55. The highest BCUT2D eigenvalue weighted by Crippen LogP contribution is 2.46. The number of rotatable bonds is 5. The Bertz CT molecular complexity index is 648. The molecule has 1 atom stereocenters. The number of hydrogen-bond donors (Lipinski definition) is 0. The second-order valence-electron chi connectivity index (χ2n) is 5.83. The third-order valence-corrected chi connectivity index (χ3v) is 4.02. The molecule has 0 saturated heterocycles. The van der Waals surface area contributed by atoms with Crippen LogP contribution in [0.4, 0.5) is 26.3 Å². The zero-order chi connectivity index (χ0) is 18.9. The summed E-state index contributed by atoms with van der Waals surface area (Å²) in [6, 6.07) is 2.13. The molecule has 0 amide bonds. The van der Waals surface area contributed by atoms with Crippen molar-refractivity contribution in [3.8, 4) is 11.5 Å². The van der Waals surface area contributed by atoms with Gasteiger partial charge < -0.3 is 9.47 Å². The van der Waals surface area contributed by atoms with Crippen LogP contribution in [-0.4, -0.2) is 18.1 Å². The molecule has 0 spiro atoms. The van der Waals surface area contributed by atoms with Crippen molar-refractivity contribution in [2.24, 2.45) is 0 Å². The fraction of sp³-hybridized carbons (Fsp3) is 0.529. The monoisotopic (exact) mass is 368 g/mol. The van der Waals surface area contributed by atoms with E-state index in [9.17, 15) is 26.3 Å². The summed E-state index contributed by atoms with van der Waals surface area (Å²) in [6.45, 7) is 3.21. The Morgan fingerprint density at radius 2 is 1.76 bits per heavy atom. The normalized spacial score (nSPS) is 20.2. The minimum atomic E-state index is -4.88. The molecule has 2 rings (SSSR count). The molecule has 0 fully saturated rings. The van der Waals surface area contributed by atoms with E-state index in [2.05, 4.69) is 4.74 Å². The Labute approximate surface area is 141 Å². The maximum absolute atomic E-state index is 13.4. The molecule has 1 heterocycles. The predicted octanol–water partition coefficient (Wildman–Crippen LogP) is 6.04. The van der Waals surface area contributed by atoms with E-state index in [4.69, 9.17) is 4.74 Å². The third-order valence-electron chi connectivity index (χ3n) is 4.02. The lowest BCUT2D eigenvalue weighted by Gasteiger charge is -2.36. The second kappa shape index (κ2) is 6.80. The lowest BCUT2D eigenvalue weighted by atomic mass is 9.92. The van der Waals surface area contributed by atoms with Crippen molar-refractivity contribution in [2.45, 2.75) is 57.7 Å². The maximum Gasteiger partial charge on any atom is 0.573 e. The molecule has 25 heavy (non-hydrogen) atoms. The minimum absolute atomic E-state index is 0.0374. The number of fused-ring (bicyclic) bond motifs is 1. The summed E-state index contributed by atoms with van der Waals surface area (Å²) in [5, 5.41) is 0. The highest BCUT2D eigenvalue weighted by atomic mass is 19.4. The van der Waals surface area contributed by atoms with Crippen LogP contribution in [0.5, 0.6) is 11.5 Å². The first kappa shape index (κ1) is 19.5. The largest absolute Gasteiger partial charge is 0.573 e. The molecular weight excluding hydrogens is 350 g/mol. The van der Waals surface area contributed by atoms with Gasteiger partial charge in [-0.3, -0.25) is 0 Å². The van der Waals surface area contributed by atoms with Gasteiger partial charge in [0, 0.05) is 5.56 Å². The molecule has 0 aliphatic carbocycles. The zero-order valence-electron chi connectivity index (χ0n) is 13.7. The van der Waals surface area contributed by atoms with Crippen molar-refractivity contribution < 1.29 is 35.8 Å². The van der Waals surface area contributed by atoms with Crippen molar-refractivity contribution in [1.82, 2.24) is 0 Å². The van der Waals surface area contributed by atoms with Gasteiger partial charge in [-0.15, -0.1) is 13.2 Å². The molecule has 0 aromatic heterocycles. The second-order valence-corrected chi connectivity index (χ2v) is 5.83. The number of ether oxygens (including phenoxy) is 2.